The van der Waals surface area contributed by atoms with Gasteiger partial charge in [0.15, 0.2) is 0 Å². The molecule has 4 atom stereocenters. The van der Waals surface area contributed by atoms with Crippen LogP contribution in [0.1, 0.15) is 39.0 Å². The summed E-state index contributed by atoms with van der Waals surface area (Å²) in [6.45, 7) is 3.17. The van der Waals surface area contributed by atoms with E-state index in [9.17, 15) is 0 Å². The van der Waals surface area contributed by atoms with Crippen LogP contribution < -0.4 is 11.1 Å². The van der Waals surface area contributed by atoms with Gasteiger partial charge in [0.1, 0.15) is 0 Å². The molecule has 0 heterocycles. The van der Waals surface area contributed by atoms with Gasteiger partial charge in [-0.1, -0.05) is 6.42 Å². The van der Waals surface area contributed by atoms with E-state index >= 15 is 0 Å². The summed E-state index contributed by atoms with van der Waals surface area (Å²) in [4.78, 5) is 0. The predicted molar refractivity (Wildman–Crippen MR) is 61.5 cm³/mol. The van der Waals surface area contributed by atoms with E-state index in [4.69, 9.17) is 10.8 Å². The zero-order chi connectivity index (χ0) is 10.9. The normalized spacial score (nSPS) is 41.0. The Labute approximate surface area is 92.4 Å². The monoisotopic (exact) mass is 212 g/mol. The van der Waals surface area contributed by atoms with E-state index < -0.39 is 0 Å². The minimum Gasteiger partial charge on any atom is -0.396 e. The number of fused-ring (bicyclic) bond motifs is 2. The molecule has 0 spiro atoms. The van der Waals surface area contributed by atoms with E-state index in [1.807, 2.05) is 0 Å². The molecule has 0 aromatic heterocycles. The quantitative estimate of drug-likeness (QED) is 0.633. The van der Waals surface area contributed by atoms with Crippen molar-refractivity contribution in [3.63, 3.8) is 0 Å². The van der Waals surface area contributed by atoms with Crippen LogP contribution in [0.25, 0.3) is 0 Å². The first kappa shape index (κ1) is 11.4. The zero-order valence-corrected chi connectivity index (χ0v) is 9.71. The SMILES string of the molecule is CC(CCO)NC1(CN)CC2CCC1C2. The van der Waals surface area contributed by atoms with Gasteiger partial charge in [-0.15, -0.1) is 0 Å². The lowest BCUT2D eigenvalue weighted by Crippen LogP contribution is -2.57. The fourth-order valence-corrected chi connectivity index (χ4v) is 3.69. The fourth-order valence-electron chi connectivity index (χ4n) is 3.69. The lowest BCUT2D eigenvalue weighted by Gasteiger charge is -2.40. The highest BCUT2D eigenvalue weighted by Gasteiger charge is 2.50. The zero-order valence-electron chi connectivity index (χ0n) is 9.71. The summed E-state index contributed by atoms with van der Waals surface area (Å²) in [5.41, 5.74) is 6.17. The highest BCUT2D eigenvalue weighted by atomic mass is 16.3. The topological polar surface area (TPSA) is 58.3 Å². The van der Waals surface area contributed by atoms with Crippen molar-refractivity contribution in [2.75, 3.05) is 13.2 Å². The van der Waals surface area contributed by atoms with Crippen LogP contribution in [0.5, 0.6) is 0 Å². The Morgan fingerprint density at radius 3 is 2.80 bits per heavy atom. The number of nitrogens with one attached hydrogen (secondary N) is 1. The van der Waals surface area contributed by atoms with Gasteiger partial charge in [0, 0.05) is 24.7 Å². The molecule has 2 saturated carbocycles. The number of aliphatic hydroxyl groups excluding tert-OH is 1. The molecule has 4 N–H and O–H groups in total. The first-order valence-corrected chi connectivity index (χ1v) is 6.29. The smallest absolute Gasteiger partial charge is 0.0445 e. The molecule has 4 unspecified atom stereocenters. The standard InChI is InChI=1S/C12H24N2O/c1-9(4-5-15)14-12(8-13)7-10-2-3-11(12)6-10/h9-11,14-15H,2-8,13H2,1H3. The van der Waals surface area contributed by atoms with E-state index in [1.165, 1.54) is 25.7 Å². The summed E-state index contributed by atoms with van der Waals surface area (Å²) in [7, 11) is 0. The van der Waals surface area contributed by atoms with Crippen molar-refractivity contribution in [3.8, 4) is 0 Å². The maximum atomic E-state index is 8.93. The summed E-state index contributed by atoms with van der Waals surface area (Å²) >= 11 is 0. The van der Waals surface area contributed by atoms with E-state index in [-0.39, 0.29) is 12.1 Å². The Balaban J connectivity index is 1.97. The Hall–Kier alpha value is -0.120. The van der Waals surface area contributed by atoms with E-state index in [0.29, 0.717) is 6.04 Å². The lowest BCUT2D eigenvalue weighted by molar-refractivity contribution is 0.179. The molecule has 0 saturated heterocycles. The van der Waals surface area contributed by atoms with Crippen molar-refractivity contribution in [1.82, 2.24) is 5.32 Å². The van der Waals surface area contributed by atoms with Crippen LogP contribution in [0.3, 0.4) is 0 Å². The molecule has 0 aromatic rings. The highest BCUT2D eigenvalue weighted by molar-refractivity contribution is 5.07. The summed E-state index contributed by atoms with van der Waals surface area (Å²) in [5.74, 6) is 1.70. The molecule has 3 nitrogen and oxygen atoms in total. The van der Waals surface area contributed by atoms with E-state index in [2.05, 4.69) is 12.2 Å². The number of rotatable bonds is 5. The van der Waals surface area contributed by atoms with Crippen LogP contribution in [0.2, 0.25) is 0 Å². The molecule has 2 bridgehead atoms. The van der Waals surface area contributed by atoms with Crippen molar-refractivity contribution in [3.05, 3.63) is 0 Å². The molecule has 0 aliphatic heterocycles. The molecule has 2 fully saturated rings. The summed E-state index contributed by atoms with van der Waals surface area (Å²) in [6.07, 6.45) is 6.21. The second-order valence-corrected chi connectivity index (χ2v) is 5.50. The van der Waals surface area contributed by atoms with Crippen LogP contribution in [0, 0.1) is 11.8 Å². The van der Waals surface area contributed by atoms with E-state index in [1.54, 1.807) is 0 Å². The van der Waals surface area contributed by atoms with Gasteiger partial charge in [-0.3, -0.25) is 0 Å². The van der Waals surface area contributed by atoms with Crippen molar-refractivity contribution in [1.29, 1.82) is 0 Å². The van der Waals surface area contributed by atoms with Gasteiger partial charge in [0.05, 0.1) is 0 Å². The first-order valence-electron chi connectivity index (χ1n) is 6.29. The van der Waals surface area contributed by atoms with Gasteiger partial charge < -0.3 is 16.2 Å². The molecule has 88 valence electrons. The molecule has 2 rings (SSSR count). The fraction of sp³-hybridized carbons (Fsp3) is 1.00. The summed E-state index contributed by atoms with van der Waals surface area (Å²) < 4.78 is 0. The number of hydrogen-bond acceptors (Lipinski definition) is 3. The molecule has 0 amide bonds. The second-order valence-electron chi connectivity index (χ2n) is 5.50. The molecular formula is C12H24N2O. The van der Waals surface area contributed by atoms with Gasteiger partial charge in [-0.2, -0.15) is 0 Å². The van der Waals surface area contributed by atoms with Gasteiger partial charge in [-0.25, -0.2) is 0 Å². The van der Waals surface area contributed by atoms with Gasteiger partial charge >= 0.3 is 0 Å². The number of aliphatic hydroxyl groups is 1. The van der Waals surface area contributed by atoms with Crippen LogP contribution in [0.15, 0.2) is 0 Å². The largest absolute Gasteiger partial charge is 0.396 e. The maximum Gasteiger partial charge on any atom is 0.0445 e. The average molecular weight is 212 g/mol. The van der Waals surface area contributed by atoms with Crippen LogP contribution in [0.4, 0.5) is 0 Å². The van der Waals surface area contributed by atoms with E-state index in [0.717, 1.165) is 24.8 Å². The van der Waals surface area contributed by atoms with Gasteiger partial charge in [0.2, 0.25) is 0 Å². The number of hydrogen-bond donors (Lipinski definition) is 3. The lowest BCUT2D eigenvalue weighted by atomic mass is 9.80. The van der Waals surface area contributed by atoms with Crippen LogP contribution in [-0.2, 0) is 0 Å². The Bertz CT molecular complexity index is 222. The Kier molecular flexibility index (Phi) is 3.33. The summed E-state index contributed by atoms with van der Waals surface area (Å²) in [5, 5.41) is 12.6. The third kappa shape index (κ3) is 2.05. The molecule has 2 aliphatic rings. The molecule has 3 heteroatoms. The molecule has 15 heavy (non-hydrogen) atoms. The third-order valence-corrected chi connectivity index (χ3v) is 4.44. The first-order chi connectivity index (χ1) is 7.20. The molecule has 0 radical (unpaired) electrons. The minimum absolute atomic E-state index is 0.192. The molecular weight excluding hydrogens is 188 g/mol. The van der Waals surface area contributed by atoms with Crippen molar-refractivity contribution in [2.45, 2.75) is 50.6 Å². The Morgan fingerprint density at radius 1 is 1.53 bits per heavy atom. The maximum absolute atomic E-state index is 8.93. The summed E-state index contributed by atoms with van der Waals surface area (Å²) in [6, 6.07) is 0.387. The van der Waals surface area contributed by atoms with Crippen molar-refractivity contribution < 1.29 is 5.11 Å². The van der Waals surface area contributed by atoms with Crippen molar-refractivity contribution >= 4 is 0 Å². The van der Waals surface area contributed by atoms with Gasteiger partial charge in [-0.05, 0) is 44.4 Å². The van der Waals surface area contributed by atoms with Crippen molar-refractivity contribution in [2.24, 2.45) is 17.6 Å². The van der Waals surface area contributed by atoms with Gasteiger partial charge in [0.25, 0.3) is 0 Å². The minimum atomic E-state index is 0.192. The number of nitrogens with two attached hydrogens (primary N) is 1. The second kappa shape index (κ2) is 4.40. The predicted octanol–water partition coefficient (Wildman–Crippen LogP) is 0.864. The highest BCUT2D eigenvalue weighted by Crippen LogP contribution is 2.50. The van der Waals surface area contributed by atoms with Crippen LogP contribution >= 0.6 is 0 Å². The average Bonchev–Trinajstić information content (AvgIpc) is 2.78. The molecule has 0 aromatic carbocycles. The molecule has 2 aliphatic carbocycles. The third-order valence-electron chi connectivity index (χ3n) is 4.44. The Morgan fingerprint density at radius 2 is 2.33 bits per heavy atom. The van der Waals surface area contributed by atoms with Crippen LogP contribution in [-0.4, -0.2) is 29.8 Å².